The summed E-state index contributed by atoms with van der Waals surface area (Å²) in [7, 11) is 1.63. The van der Waals surface area contributed by atoms with Gasteiger partial charge in [-0.05, 0) is 36.8 Å². The Morgan fingerprint density at radius 2 is 2.04 bits per heavy atom. The SMILES string of the molecule is COc1ccc2nc(C)cc(SCC(=O)N/N=C\c3ccccc3)c2c1. The molecule has 0 atom stereocenters. The second kappa shape index (κ2) is 8.49. The maximum absolute atomic E-state index is 12.1. The van der Waals surface area contributed by atoms with Crippen LogP contribution in [-0.2, 0) is 4.79 Å². The zero-order chi connectivity index (χ0) is 18.4. The van der Waals surface area contributed by atoms with Gasteiger partial charge < -0.3 is 4.74 Å². The van der Waals surface area contributed by atoms with Gasteiger partial charge in [0.1, 0.15) is 5.75 Å². The quantitative estimate of drug-likeness (QED) is 0.410. The van der Waals surface area contributed by atoms with E-state index in [1.54, 1.807) is 13.3 Å². The maximum Gasteiger partial charge on any atom is 0.250 e. The van der Waals surface area contributed by atoms with Crippen LogP contribution in [0.4, 0.5) is 0 Å². The number of carbonyl (C=O) groups excluding carboxylic acids is 1. The normalized spacial score (nSPS) is 11.0. The van der Waals surface area contributed by atoms with Gasteiger partial charge in [0.15, 0.2) is 0 Å². The molecule has 0 bridgehead atoms. The van der Waals surface area contributed by atoms with Crippen LogP contribution in [0.15, 0.2) is 64.6 Å². The Balaban J connectivity index is 1.67. The van der Waals surface area contributed by atoms with Crippen LogP contribution in [0.5, 0.6) is 5.75 Å². The van der Waals surface area contributed by atoms with Crippen LogP contribution in [0.3, 0.4) is 0 Å². The number of thioether (sulfide) groups is 1. The fourth-order valence-corrected chi connectivity index (χ4v) is 3.36. The van der Waals surface area contributed by atoms with Crippen LogP contribution in [0.2, 0.25) is 0 Å². The van der Waals surface area contributed by atoms with Crippen molar-refractivity contribution in [2.24, 2.45) is 5.10 Å². The molecule has 1 aromatic heterocycles. The molecular weight excluding hydrogens is 346 g/mol. The van der Waals surface area contributed by atoms with E-state index in [2.05, 4.69) is 15.5 Å². The minimum atomic E-state index is -0.160. The number of nitrogens with one attached hydrogen (secondary N) is 1. The van der Waals surface area contributed by atoms with Crippen LogP contribution in [0.25, 0.3) is 10.9 Å². The van der Waals surface area contributed by atoms with Gasteiger partial charge in [0.2, 0.25) is 5.91 Å². The smallest absolute Gasteiger partial charge is 0.250 e. The number of rotatable bonds is 6. The highest BCUT2D eigenvalue weighted by Gasteiger charge is 2.09. The molecule has 1 N–H and O–H groups in total. The molecule has 6 heteroatoms. The number of methoxy groups -OCH3 is 1. The Hall–Kier alpha value is -2.86. The molecule has 132 valence electrons. The van der Waals surface area contributed by atoms with E-state index >= 15 is 0 Å². The van der Waals surface area contributed by atoms with Gasteiger partial charge in [0.25, 0.3) is 0 Å². The Morgan fingerprint density at radius 3 is 2.81 bits per heavy atom. The lowest BCUT2D eigenvalue weighted by Gasteiger charge is -2.09. The predicted octanol–water partition coefficient (Wildman–Crippen LogP) is 3.79. The second-order valence-corrected chi connectivity index (χ2v) is 6.65. The van der Waals surface area contributed by atoms with Crippen molar-refractivity contribution in [2.75, 3.05) is 12.9 Å². The highest BCUT2D eigenvalue weighted by Crippen LogP contribution is 2.30. The zero-order valence-electron chi connectivity index (χ0n) is 14.6. The van der Waals surface area contributed by atoms with E-state index in [0.29, 0.717) is 0 Å². The van der Waals surface area contributed by atoms with Crippen LogP contribution < -0.4 is 10.2 Å². The highest BCUT2D eigenvalue weighted by molar-refractivity contribution is 8.00. The molecule has 3 rings (SSSR count). The fourth-order valence-electron chi connectivity index (χ4n) is 2.44. The van der Waals surface area contributed by atoms with E-state index in [1.807, 2.05) is 61.5 Å². The van der Waals surface area contributed by atoms with E-state index in [0.717, 1.165) is 32.8 Å². The number of fused-ring (bicyclic) bond motifs is 1. The van der Waals surface area contributed by atoms with Crippen molar-refractivity contribution in [1.29, 1.82) is 0 Å². The summed E-state index contributed by atoms with van der Waals surface area (Å²) in [4.78, 5) is 17.6. The molecule has 3 aromatic rings. The molecular formula is C20H19N3O2S. The molecule has 2 aromatic carbocycles. The van der Waals surface area contributed by atoms with E-state index in [-0.39, 0.29) is 11.7 Å². The van der Waals surface area contributed by atoms with Crippen molar-refractivity contribution >= 4 is 34.8 Å². The number of aryl methyl sites for hydroxylation is 1. The first-order valence-electron chi connectivity index (χ1n) is 8.11. The van der Waals surface area contributed by atoms with Gasteiger partial charge in [-0.25, -0.2) is 5.43 Å². The highest BCUT2D eigenvalue weighted by atomic mass is 32.2. The summed E-state index contributed by atoms with van der Waals surface area (Å²) in [6.45, 7) is 1.94. The van der Waals surface area contributed by atoms with Crippen LogP contribution >= 0.6 is 11.8 Å². The number of amides is 1. The topological polar surface area (TPSA) is 63.6 Å². The number of hydrazone groups is 1. The molecule has 0 saturated heterocycles. The zero-order valence-corrected chi connectivity index (χ0v) is 15.4. The number of benzene rings is 2. The Kier molecular flexibility index (Phi) is 5.86. The standard InChI is InChI=1S/C20H19N3O2S/c1-14-10-19(17-11-16(25-2)8-9-18(17)22-14)26-13-20(24)23-21-12-15-6-4-3-5-7-15/h3-12H,13H2,1-2H3,(H,23,24)/b21-12-. The average molecular weight is 365 g/mol. The lowest BCUT2D eigenvalue weighted by molar-refractivity contribution is -0.118. The first-order chi connectivity index (χ1) is 12.7. The van der Waals surface area contributed by atoms with Gasteiger partial charge in [-0.15, -0.1) is 11.8 Å². The Morgan fingerprint density at radius 1 is 1.23 bits per heavy atom. The average Bonchev–Trinajstić information content (AvgIpc) is 2.66. The monoisotopic (exact) mass is 365 g/mol. The minimum absolute atomic E-state index is 0.160. The lowest BCUT2D eigenvalue weighted by Crippen LogP contribution is -2.19. The molecule has 0 unspecified atom stereocenters. The van der Waals surface area contributed by atoms with Crippen molar-refractivity contribution in [3.8, 4) is 5.75 Å². The van der Waals surface area contributed by atoms with Crippen LogP contribution in [-0.4, -0.2) is 30.0 Å². The van der Waals surface area contributed by atoms with Gasteiger partial charge in [-0.2, -0.15) is 5.10 Å². The van der Waals surface area contributed by atoms with E-state index in [1.165, 1.54) is 11.8 Å². The summed E-state index contributed by atoms with van der Waals surface area (Å²) in [5.74, 6) is 0.872. The molecule has 0 radical (unpaired) electrons. The fraction of sp³-hybridized carbons (Fsp3) is 0.150. The third-order valence-corrected chi connectivity index (χ3v) is 4.72. The summed E-state index contributed by atoms with van der Waals surface area (Å²) >= 11 is 1.46. The number of ether oxygens (including phenoxy) is 1. The number of nitrogens with zero attached hydrogens (tertiary/aromatic N) is 2. The minimum Gasteiger partial charge on any atom is -0.497 e. The van der Waals surface area contributed by atoms with Crippen molar-refractivity contribution < 1.29 is 9.53 Å². The van der Waals surface area contributed by atoms with Crippen molar-refractivity contribution in [2.45, 2.75) is 11.8 Å². The molecule has 0 aliphatic rings. The van der Waals surface area contributed by atoms with Crippen LogP contribution in [0.1, 0.15) is 11.3 Å². The molecule has 26 heavy (non-hydrogen) atoms. The maximum atomic E-state index is 12.1. The summed E-state index contributed by atoms with van der Waals surface area (Å²) < 4.78 is 5.29. The van der Waals surface area contributed by atoms with Gasteiger partial charge in [-0.1, -0.05) is 30.3 Å². The lowest BCUT2D eigenvalue weighted by atomic mass is 10.2. The Bertz CT molecular complexity index is 942. The number of carbonyl (C=O) groups is 1. The third kappa shape index (κ3) is 4.61. The van der Waals surface area contributed by atoms with Crippen LogP contribution in [0, 0.1) is 6.92 Å². The van der Waals surface area contributed by atoms with E-state index < -0.39 is 0 Å². The molecule has 0 aliphatic heterocycles. The Labute approximate surface area is 156 Å². The van der Waals surface area contributed by atoms with Gasteiger partial charge in [-0.3, -0.25) is 9.78 Å². The third-order valence-electron chi connectivity index (χ3n) is 3.67. The molecule has 0 saturated carbocycles. The number of hydrogen-bond donors (Lipinski definition) is 1. The van der Waals surface area contributed by atoms with Gasteiger partial charge in [0, 0.05) is 16.0 Å². The summed E-state index contributed by atoms with van der Waals surface area (Å²) in [5, 5.41) is 4.96. The van der Waals surface area contributed by atoms with E-state index in [9.17, 15) is 4.79 Å². The van der Waals surface area contributed by atoms with Gasteiger partial charge in [0.05, 0.1) is 24.6 Å². The first-order valence-corrected chi connectivity index (χ1v) is 9.09. The number of aromatic nitrogens is 1. The number of pyridine rings is 1. The van der Waals surface area contributed by atoms with Crippen molar-refractivity contribution in [3.05, 3.63) is 65.9 Å². The molecule has 0 spiro atoms. The molecule has 1 heterocycles. The van der Waals surface area contributed by atoms with Gasteiger partial charge >= 0.3 is 0 Å². The second-order valence-electron chi connectivity index (χ2n) is 5.64. The van der Waals surface area contributed by atoms with Crippen molar-refractivity contribution in [1.82, 2.24) is 10.4 Å². The first kappa shape index (κ1) is 17.9. The summed E-state index contributed by atoms with van der Waals surface area (Å²) in [6, 6.07) is 17.3. The van der Waals surface area contributed by atoms with Crippen molar-refractivity contribution in [3.63, 3.8) is 0 Å². The summed E-state index contributed by atoms with van der Waals surface area (Å²) in [6.07, 6.45) is 1.62. The number of hydrogen-bond acceptors (Lipinski definition) is 5. The molecule has 0 fully saturated rings. The molecule has 1 amide bonds. The largest absolute Gasteiger partial charge is 0.497 e. The summed E-state index contributed by atoms with van der Waals surface area (Å²) in [5.41, 5.74) is 5.28. The predicted molar refractivity (Wildman–Crippen MR) is 106 cm³/mol. The molecule has 0 aliphatic carbocycles. The molecule has 5 nitrogen and oxygen atoms in total. The van der Waals surface area contributed by atoms with E-state index in [4.69, 9.17) is 4.74 Å².